The van der Waals surface area contributed by atoms with Crippen LogP contribution < -0.4 is 0 Å². The summed E-state index contributed by atoms with van der Waals surface area (Å²) in [5, 5.41) is 0. The molecule has 8 heteroatoms. The molecule has 4 nitrogen and oxygen atoms in total. The number of amides is 2. The van der Waals surface area contributed by atoms with Gasteiger partial charge in [0.05, 0.1) is 5.56 Å². The normalized spacial score (nSPS) is 16.4. The van der Waals surface area contributed by atoms with Crippen molar-refractivity contribution < 1.29 is 22.8 Å². The summed E-state index contributed by atoms with van der Waals surface area (Å²) in [4.78, 5) is 26.0. The molecule has 1 aliphatic heterocycles. The highest BCUT2D eigenvalue weighted by Gasteiger charge is 2.42. The minimum absolute atomic E-state index is 0.00794. The van der Waals surface area contributed by atoms with Crippen LogP contribution in [0.3, 0.4) is 0 Å². The second-order valence-corrected chi connectivity index (χ2v) is 6.08. The highest BCUT2D eigenvalue weighted by Crippen LogP contribution is 2.20. The monoisotopic (exact) mass is 426 g/mol. The molecule has 0 radical (unpaired) electrons. The Bertz CT molecular complexity index is 577. The van der Waals surface area contributed by atoms with Gasteiger partial charge in [-0.3, -0.25) is 9.59 Å². The second-order valence-electron chi connectivity index (χ2n) is 4.92. The maximum atomic E-state index is 12.5. The second kappa shape index (κ2) is 6.84. The van der Waals surface area contributed by atoms with E-state index in [1.54, 1.807) is 18.2 Å². The van der Waals surface area contributed by atoms with Crippen molar-refractivity contribution in [2.75, 3.05) is 26.2 Å². The van der Waals surface area contributed by atoms with Gasteiger partial charge in [0, 0.05) is 29.7 Å². The van der Waals surface area contributed by atoms with Gasteiger partial charge >= 0.3 is 12.1 Å². The number of nitrogens with zero attached hydrogens (tertiary/aromatic N) is 2. The number of carbonyl (C=O) groups excluding carboxylic acids is 2. The Balaban J connectivity index is 2.06. The largest absolute Gasteiger partial charge is 0.471 e. The number of halogens is 4. The molecule has 1 aromatic rings. The summed E-state index contributed by atoms with van der Waals surface area (Å²) >= 11 is 2.05. The van der Waals surface area contributed by atoms with Gasteiger partial charge in [0.15, 0.2) is 0 Å². The lowest BCUT2D eigenvalue weighted by Crippen LogP contribution is -2.43. The van der Waals surface area contributed by atoms with Crippen LogP contribution >= 0.6 is 22.6 Å². The molecular weight excluding hydrogens is 412 g/mol. The van der Waals surface area contributed by atoms with Gasteiger partial charge in [0.2, 0.25) is 0 Å². The van der Waals surface area contributed by atoms with Crippen LogP contribution in [-0.4, -0.2) is 54.0 Å². The molecule has 2 amide bonds. The first-order valence-electron chi connectivity index (χ1n) is 6.70. The molecule has 0 aromatic heterocycles. The highest BCUT2D eigenvalue weighted by molar-refractivity contribution is 14.1. The number of rotatable bonds is 1. The van der Waals surface area contributed by atoms with E-state index in [-0.39, 0.29) is 25.5 Å². The molecule has 120 valence electrons. The van der Waals surface area contributed by atoms with Gasteiger partial charge in [-0.2, -0.15) is 13.2 Å². The molecule has 1 heterocycles. The fraction of sp³-hybridized carbons (Fsp3) is 0.429. The zero-order chi connectivity index (χ0) is 16.3. The molecule has 0 spiro atoms. The third kappa shape index (κ3) is 3.90. The number of carbonyl (C=O) groups is 2. The average molecular weight is 426 g/mol. The number of hydrogen-bond donors (Lipinski definition) is 0. The fourth-order valence-corrected chi connectivity index (χ4v) is 2.93. The maximum Gasteiger partial charge on any atom is 0.471 e. The zero-order valence-corrected chi connectivity index (χ0v) is 13.7. The molecule has 0 atom stereocenters. The van der Waals surface area contributed by atoms with E-state index in [2.05, 4.69) is 0 Å². The lowest BCUT2D eigenvalue weighted by atomic mass is 10.2. The SMILES string of the molecule is O=C(c1ccccc1I)N1CCCN(C(=O)C(F)(F)F)CC1. The molecule has 1 fully saturated rings. The number of alkyl halides is 3. The standard InChI is InChI=1S/C14H14F3IN2O2/c15-14(16,17)13(22)20-7-3-6-19(8-9-20)12(21)10-4-1-2-5-11(10)18/h1-2,4-5H,3,6-9H2. The molecule has 0 aliphatic carbocycles. The van der Waals surface area contributed by atoms with Crippen molar-refractivity contribution in [1.29, 1.82) is 0 Å². The summed E-state index contributed by atoms with van der Waals surface area (Å²) in [6.07, 6.45) is -4.54. The average Bonchev–Trinajstić information content (AvgIpc) is 2.71. The van der Waals surface area contributed by atoms with Gasteiger partial charge in [-0.1, -0.05) is 12.1 Å². The van der Waals surface area contributed by atoms with Crippen molar-refractivity contribution in [1.82, 2.24) is 9.80 Å². The Kier molecular flexibility index (Phi) is 5.30. The summed E-state index contributed by atoms with van der Waals surface area (Å²) in [5.74, 6) is -2.05. The maximum absolute atomic E-state index is 12.5. The number of benzene rings is 1. The molecule has 0 bridgehead atoms. The van der Waals surface area contributed by atoms with Gasteiger partial charge in [-0.05, 0) is 41.1 Å². The summed E-state index contributed by atoms with van der Waals surface area (Å²) in [6, 6.07) is 7.04. The Labute approximate surface area is 139 Å². The van der Waals surface area contributed by atoms with E-state index in [1.165, 1.54) is 4.90 Å². The van der Waals surface area contributed by atoms with Crippen LogP contribution in [0.5, 0.6) is 0 Å². The predicted octanol–water partition coefficient (Wildman–Crippen LogP) is 2.53. The molecule has 1 aromatic carbocycles. The molecule has 22 heavy (non-hydrogen) atoms. The fourth-order valence-electron chi connectivity index (χ4n) is 2.31. The molecular formula is C14H14F3IN2O2. The van der Waals surface area contributed by atoms with Crippen molar-refractivity contribution in [3.05, 3.63) is 33.4 Å². The molecule has 1 aliphatic rings. The van der Waals surface area contributed by atoms with E-state index in [9.17, 15) is 22.8 Å². The Morgan fingerprint density at radius 1 is 1.00 bits per heavy atom. The van der Waals surface area contributed by atoms with Gasteiger partial charge in [-0.25, -0.2) is 0 Å². The summed E-state index contributed by atoms with van der Waals surface area (Å²) < 4.78 is 38.2. The smallest absolute Gasteiger partial charge is 0.337 e. The summed E-state index contributed by atoms with van der Waals surface area (Å²) in [5.41, 5.74) is 0.527. The predicted molar refractivity (Wildman–Crippen MR) is 82.3 cm³/mol. The van der Waals surface area contributed by atoms with E-state index in [1.807, 2.05) is 28.7 Å². The topological polar surface area (TPSA) is 40.6 Å². The van der Waals surface area contributed by atoms with E-state index in [0.29, 0.717) is 18.5 Å². The third-order valence-corrected chi connectivity index (χ3v) is 4.36. The zero-order valence-electron chi connectivity index (χ0n) is 11.6. The van der Waals surface area contributed by atoms with Crippen LogP contribution in [0.2, 0.25) is 0 Å². The Morgan fingerprint density at radius 3 is 2.23 bits per heavy atom. The van der Waals surface area contributed by atoms with E-state index >= 15 is 0 Å². The van der Waals surface area contributed by atoms with Crippen molar-refractivity contribution in [3.8, 4) is 0 Å². The minimum atomic E-state index is -4.87. The molecule has 2 rings (SSSR count). The van der Waals surface area contributed by atoms with Gasteiger partial charge in [0.25, 0.3) is 5.91 Å². The Morgan fingerprint density at radius 2 is 1.59 bits per heavy atom. The highest BCUT2D eigenvalue weighted by atomic mass is 127. The molecule has 1 saturated heterocycles. The summed E-state index contributed by atoms with van der Waals surface area (Å²) in [6.45, 7) is 0.346. The summed E-state index contributed by atoms with van der Waals surface area (Å²) in [7, 11) is 0. The van der Waals surface area contributed by atoms with Crippen molar-refractivity contribution >= 4 is 34.4 Å². The van der Waals surface area contributed by atoms with Crippen LogP contribution in [0.1, 0.15) is 16.8 Å². The minimum Gasteiger partial charge on any atom is -0.337 e. The molecule has 0 saturated carbocycles. The Hall–Kier alpha value is -1.32. The first-order chi connectivity index (χ1) is 10.3. The van der Waals surface area contributed by atoms with Crippen LogP contribution in [0.4, 0.5) is 13.2 Å². The van der Waals surface area contributed by atoms with Crippen LogP contribution in [0.25, 0.3) is 0 Å². The lowest BCUT2D eigenvalue weighted by molar-refractivity contribution is -0.185. The van der Waals surface area contributed by atoms with Crippen molar-refractivity contribution in [2.45, 2.75) is 12.6 Å². The van der Waals surface area contributed by atoms with Crippen LogP contribution in [0.15, 0.2) is 24.3 Å². The lowest BCUT2D eigenvalue weighted by Gasteiger charge is -2.23. The first-order valence-corrected chi connectivity index (χ1v) is 7.78. The van der Waals surface area contributed by atoms with Crippen LogP contribution in [-0.2, 0) is 4.79 Å². The van der Waals surface area contributed by atoms with Crippen molar-refractivity contribution in [3.63, 3.8) is 0 Å². The van der Waals surface area contributed by atoms with E-state index in [4.69, 9.17) is 0 Å². The van der Waals surface area contributed by atoms with E-state index < -0.39 is 12.1 Å². The van der Waals surface area contributed by atoms with Crippen molar-refractivity contribution in [2.24, 2.45) is 0 Å². The quantitative estimate of drug-likeness (QED) is 0.648. The van der Waals surface area contributed by atoms with Gasteiger partial charge in [-0.15, -0.1) is 0 Å². The first kappa shape index (κ1) is 17.0. The van der Waals surface area contributed by atoms with E-state index in [0.717, 1.165) is 8.47 Å². The van der Waals surface area contributed by atoms with Gasteiger partial charge < -0.3 is 9.80 Å². The van der Waals surface area contributed by atoms with Gasteiger partial charge in [0.1, 0.15) is 0 Å². The van der Waals surface area contributed by atoms with Crippen LogP contribution in [0, 0.1) is 3.57 Å². The third-order valence-electron chi connectivity index (χ3n) is 3.42. The molecule has 0 N–H and O–H groups in total. The molecule has 0 unspecified atom stereocenters. The number of hydrogen-bond acceptors (Lipinski definition) is 2.